The summed E-state index contributed by atoms with van der Waals surface area (Å²) < 4.78 is 189. The Bertz CT molecular complexity index is 5090. The molecule has 4 heterocycles. The van der Waals surface area contributed by atoms with Gasteiger partial charge in [0.1, 0.15) is 5.82 Å². The number of benzene rings is 9. The normalized spacial score (nSPS) is 15.8. The summed E-state index contributed by atoms with van der Waals surface area (Å²) >= 11 is 0. The van der Waals surface area contributed by atoms with Crippen LogP contribution in [-0.4, -0.2) is 18.7 Å². The van der Waals surface area contributed by atoms with E-state index in [9.17, 15) is 0 Å². The van der Waals surface area contributed by atoms with E-state index >= 15 is 0 Å². The molecule has 0 saturated carbocycles. The van der Waals surface area contributed by atoms with Crippen molar-refractivity contribution in [2.45, 2.75) is 20.2 Å². The number of ether oxygens (including phenoxy) is 1. The summed E-state index contributed by atoms with van der Waals surface area (Å²) in [7, 11) is 0. The third-order valence-corrected chi connectivity index (χ3v) is 11.9. The van der Waals surface area contributed by atoms with E-state index < -0.39 is 121 Å². The molecule has 71 heavy (non-hydrogen) atoms. The number of hydrogen-bond donors (Lipinski definition) is 0. The number of para-hydroxylation sites is 5. The van der Waals surface area contributed by atoms with Gasteiger partial charge in [-0.1, -0.05) is 159 Å². The Kier molecular flexibility index (Phi) is 6.97. The molecule has 0 spiro atoms. The zero-order valence-electron chi connectivity index (χ0n) is 57.4. The van der Waals surface area contributed by atoms with Gasteiger partial charge in [-0.3, -0.25) is 4.57 Å². The van der Waals surface area contributed by atoms with Crippen LogP contribution in [0.2, 0.25) is 0 Å². The van der Waals surface area contributed by atoms with Crippen LogP contribution in [0.3, 0.4) is 0 Å². The van der Waals surface area contributed by atoms with Crippen molar-refractivity contribution in [3.05, 3.63) is 242 Å². The van der Waals surface area contributed by atoms with Crippen molar-refractivity contribution in [2.75, 3.05) is 0 Å². The first-order chi connectivity index (χ1) is 42.8. The molecule has 0 atom stereocenters. The summed E-state index contributed by atoms with van der Waals surface area (Å²) in [4.78, 5) is 4.74. The second-order valence-electron chi connectivity index (χ2n) is 16.6. The number of aromatic nitrogens is 5. The predicted molar refractivity (Wildman–Crippen MR) is 284 cm³/mol. The molecule has 13 aromatic rings. The summed E-state index contributed by atoms with van der Waals surface area (Å²) in [6.07, 6.45) is 3.07. The largest absolute Gasteiger partial charge is 0.510 e. The number of imidazole rings is 1. The van der Waals surface area contributed by atoms with E-state index in [0.717, 1.165) is 0 Å². The Hall–Kier alpha value is -8.31. The number of nitrogens with zero attached hydrogens (tertiary/aromatic N) is 5. The molecule has 13 rings (SSSR count). The first-order valence-electron chi connectivity index (χ1n) is 32.2. The van der Waals surface area contributed by atoms with Crippen LogP contribution in [0, 0.1) is 24.4 Å². The van der Waals surface area contributed by atoms with Crippen LogP contribution < -0.4 is 9.30 Å². The van der Waals surface area contributed by atoms with Gasteiger partial charge < -0.3 is 18.4 Å². The average Bonchev–Trinajstić information content (AvgIpc) is 1.58. The molecule has 0 saturated heterocycles. The van der Waals surface area contributed by atoms with E-state index in [1.54, 1.807) is 112 Å². The minimum absolute atomic E-state index is 0. The Labute approximate surface area is 454 Å². The molecular formula is C64H45N5OPt-2. The van der Waals surface area contributed by atoms with Gasteiger partial charge in [0.25, 0.3) is 6.33 Å². The maximum atomic E-state index is 9.14. The Morgan fingerprint density at radius 3 is 1.97 bits per heavy atom. The number of pyridine rings is 1. The van der Waals surface area contributed by atoms with Gasteiger partial charge in [-0.15, -0.1) is 29.7 Å². The molecule has 344 valence electrons. The van der Waals surface area contributed by atoms with Gasteiger partial charge in [-0.2, -0.15) is 18.2 Å². The maximum Gasteiger partial charge on any atom is 0.268 e. The van der Waals surface area contributed by atoms with E-state index in [4.69, 9.17) is 37.1 Å². The first-order valence-corrected chi connectivity index (χ1v) is 22.2. The third kappa shape index (κ3) is 7.72. The summed E-state index contributed by atoms with van der Waals surface area (Å²) in [5.41, 5.74) is 2.54. The second-order valence-corrected chi connectivity index (χ2v) is 16.6. The van der Waals surface area contributed by atoms with Crippen LogP contribution in [0.4, 0.5) is 0 Å². The molecule has 0 bridgehead atoms. The van der Waals surface area contributed by atoms with Crippen LogP contribution in [0.25, 0.3) is 99.8 Å². The molecule has 0 amide bonds. The molecule has 0 aliphatic carbocycles. The average molecular weight is 1120 g/mol. The maximum absolute atomic E-state index is 9.14. The van der Waals surface area contributed by atoms with Crippen LogP contribution in [0.15, 0.2) is 218 Å². The fourth-order valence-electron chi connectivity index (χ4n) is 9.10. The molecule has 7 heteroatoms. The zero-order chi connectivity index (χ0) is 64.2. The minimum Gasteiger partial charge on any atom is -0.510 e. The Morgan fingerprint density at radius 2 is 1.25 bits per heavy atom. The van der Waals surface area contributed by atoms with Gasteiger partial charge in [0.05, 0.1) is 52.4 Å². The van der Waals surface area contributed by atoms with Gasteiger partial charge in [0.2, 0.25) is 0 Å². The standard InChI is InChI=1S/C64H45N5O.Pt/c1-43(2)37-44-35-36-65-63(38-44)69-59-34-31-48(68-57-27-11-9-23-53(57)54-24-10-12-28-58(54)68)40-56(59)55-33-32-50(41-62(55)69)70-49-22-15-21-47(39-49)66-42-67(61-30-14-13-29-60(61)66)64-51(45-17-5-3-6-18-45)25-16-26-52(64)46-19-7-4-8-20-46;/h3-36,38,40,43H,37H2,1-2H3;/q-2;/i3D,4D,5D,6D,7D,8D,9D,10D,11D,12D,17D,18D,19D,20D,23D,24D,27D,28D,37D2;. The number of fused-ring (bicyclic) bond motifs is 7. The molecule has 9 aromatic carbocycles. The molecule has 0 unspecified atom stereocenters. The van der Waals surface area contributed by atoms with Crippen molar-refractivity contribution < 1.29 is 57.8 Å². The van der Waals surface area contributed by atoms with Gasteiger partial charge in [0, 0.05) is 63.5 Å². The Morgan fingerprint density at radius 1 is 0.592 bits per heavy atom. The molecular weight excluding hydrogens is 1050 g/mol. The monoisotopic (exact) mass is 1110 g/mol. The quantitative estimate of drug-likeness (QED) is 0.101. The molecule has 4 aromatic heterocycles. The molecule has 6 nitrogen and oxygen atoms in total. The van der Waals surface area contributed by atoms with Crippen molar-refractivity contribution in [3.63, 3.8) is 0 Å². The third-order valence-electron chi connectivity index (χ3n) is 11.9. The van der Waals surface area contributed by atoms with E-state index in [-0.39, 0.29) is 82.3 Å². The SMILES string of the molecule is [2H]c1c([2H])c([2H])c(-c2cccc(-c3c([2H])c([2H])c([2H])c([2H])c3[2H])c2-[n+]2[c-]n(-c3[c-]c(Oc4[c-]c5c(cc4)c4cc(-n6c7c([2H])c([2H])c([2H])c([2H])c7c7c([2H])c([2H])c([2H])c([2H])c76)ccc4n5-c4cc(C([2H])([2H])C(C)C)ccn4)ccc3)c3ccccc32)c([2H])c1[2H].[Pt]. The number of hydrogen-bond acceptors (Lipinski definition) is 2. The zero-order valence-corrected chi connectivity index (χ0v) is 39.7. The van der Waals surface area contributed by atoms with E-state index in [2.05, 4.69) is 18.5 Å². The molecule has 0 aliphatic heterocycles. The van der Waals surface area contributed by atoms with Crippen molar-refractivity contribution in [2.24, 2.45) is 5.92 Å². The topological polar surface area (TPSA) is 40.8 Å². The fourth-order valence-corrected chi connectivity index (χ4v) is 9.10. The molecule has 0 aliphatic rings. The van der Waals surface area contributed by atoms with E-state index in [1.165, 1.54) is 29.0 Å². The summed E-state index contributed by atoms with van der Waals surface area (Å²) in [5.74, 6) is 0.222. The van der Waals surface area contributed by atoms with Gasteiger partial charge >= 0.3 is 0 Å². The van der Waals surface area contributed by atoms with Crippen LogP contribution >= 0.6 is 0 Å². The predicted octanol–water partition coefficient (Wildman–Crippen LogP) is 15.2. The van der Waals surface area contributed by atoms with E-state index in [0.29, 0.717) is 55.6 Å². The Balaban J connectivity index is 0.00000800. The van der Waals surface area contributed by atoms with Gasteiger partial charge in [-0.25, -0.2) is 4.98 Å². The fraction of sp³-hybridized carbons (Fsp3) is 0.0625. The van der Waals surface area contributed by atoms with Gasteiger partial charge in [-0.05, 0) is 93.6 Å². The van der Waals surface area contributed by atoms with Crippen molar-refractivity contribution in [3.8, 4) is 56.6 Å². The van der Waals surface area contributed by atoms with Crippen LogP contribution in [0.5, 0.6) is 11.5 Å². The van der Waals surface area contributed by atoms with E-state index in [1.807, 2.05) is 0 Å². The molecule has 0 fully saturated rings. The van der Waals surface area contributed by atoms with Crippen LogP contribution in [0.1, 0.15) is 46.8 Å². The second kappa shape index (κ2) is 18.2. The number of rotatable bonds is 10. The van der Waals surface area contributed by atoms with Crippen molar-refractivity contribution in [1.29, 1.82) is 0 Å². The van der Waals surface area contributed by atoms with Crippen molar-refractivity contribution in [1.82, 2.24) is 18.7 Å². The summed E-state index contributed by atoms with van der Waals surface area (Å²) in [6, 6.07) is 25.2. The minimum atomic E-state index is -1.79. The first kappa shape index (κ1) is 27.2. The summed E-state index contributed by atoms with van der Waals surface area (Å²) in [5, 5.41) is 0.941. The smallest absolute Gasteiger partial charge is 0.268 e. The van der Waals surface area contributed by atoms with Crippen molar-refractivity contribution >= 4 is 54.6 Å². The van der Waals surface area contributed by atoms with Crippen LogP contribution in [-0.2, 0) is 27.4 Å². The molecule has 0 radical (unpaired) electrons. The summed E-state index contributed by atoms with van der Waals surface area (Å²) in [6.45, 7) is 3.54. The molecule has 0 N–H and O–H groups in total. The van der Waals surface area contributed by atoms with Gasteiger partial charge in [0.15, 0.2) is 0 Å².